The van der Waals surface area contributed by atoms with Crippen LogP contribution in [0.4, 0.5) is 0 Å². The standard InChI is InChI=1S/C16H25N/c1-5-11(2)13-6-8-14(9-7-13)16(17-4)15-10-12(15)3/h6-9,11-12,15-17H,5,10H2,1-4H3. The zero-order valence-electron chi connectivity index (χ0n) is 11.5. The van der Waals surface area contributed by atoms with Gasteiger partial charge in [-0.25, -0.2) is 0 Å². The number of hydrogen-bond acceptors (Lipinski definition) is 1. The van der Waals surface area contributed by atoms with Crippen molar-refractivity contribution in [1.29, 1.82) is 0 Å². The largest absolute Gasteiger partial charge is 0.313 e. The molecule has 1 N–H and O–H groups in total. The fourth-order valence-electron chi connectivity index (χ4n) is 2.71. The van der Waals surface area contributed by atoms with Crippen LogP contribution in [0.2, 0.25) is 0 Å². The van der Waals surface area contributed by atoms with E-state index in [4.69, 9.17) is 0 Å². The molecule has 1 aromatic rings. The highest BCUT2D eigenvalue weighted by atomic mass is 14.9. The molecule has 0 aromatic heterocycles. The van der Waals surface area contributed by atoms with Crippen molar-refractivity contribution in [2.45, 2.75) is 45.6 Å². The normalized spacial score (nSPS) is 26.6. The molecular weight excluding hydrogens is 206 g/mol. The topological polar surface area (TPSA) is 12.0 Å². The van der Waals surface area contributed by atoms with Crippen molar-refractivity contribution in [3.8, 4) is 0 Å². The first kappa shape index (κ1) is 12.6. The molecule has 17 heavy (non-hydrogen) atoms. The molecule has 1 aliphatic rings. The van der Waals surface area contributed by atoms with Gasteiger partial charge in [0.2, 0.25) is 0 Å². The van der Waals surface area contributed by atoms with Gasteiger partial charge in [0, 0.05) is 6.04 Å². The van der Waals surface area contributed by atoms with Gasteiger partial charge < -0.3 is 5.32 Å². The number of hydrogen-bond donors (Lipinski definition) is 1. The third-order valence-electron chi connectivity index (χ3n) is 4.39. The predicted octanol–water partition coefficient (Wildman–Crippen LogP) is 4.12. The molecule has 0 bridgehead atoms. The fraction of sp³-hybridized carbons (Fsp3) is 0.625. The lowest BCUT2D eigenvalue weighted by Gasteiger charge is -2.18. The van der Waals surface area contributed by atoms with Gasteiger partial charge in [0.05, 0.1) is 0 Å². The lowest BCUT2D eigenvalue weighted by molar-refractivity contribution is 0.504. The molecule has 1 fully saturated rings. The molecule has 1 saturated carbocycles. The summed E-state index contributed by atoms with van der Waals surface area (Å²) >= 11 is 0. The van der Waals surface area contributed by atoms with Crippen LogP contribution in [0.3, 0.4) is 0 Å². The summed E-state index contributed by atoms with van der Waals surface area (Å²) < 4.78 is 0. The maximum Gasteiger partial charge on any atom is 0.0348 e. The molecule has 94 valence electrons. The average molecular weight is 231 g/mol. The summed E-state index contributed by atoms with van der Waals surface area (Å²) in [5.74, 6) is 2.41. The van der Waals surface area contributed by atoms with Gasteiger partial charge in [-0.1, -0.05) is 45.0 Å². The summed E-state index contributed by atoms with van der Waals surface area (Å²) in [5, 5.41) is 3.47. The highest BCUT2D eigenvalue weighted by Crippen LogP contribution is 2.46. The molecule has 0 saturated heterocycles. The summed E-state index contributed by atoms with van der Waals surface area (Å²) in [4.78, 5) is 0. The first-order valence-corrected chi connectivity index (χ1v) is 6.94. The van der Waals surface area contributed by atoms with Crippen molar-refractivity contribution >= 4 is 0 Å². The minimum Gasteiger partial charge on any atom is -0.313 e. The first-order valence-electron chi connectivity index (χ1n) is 6.94. The maximum absolute atomic E-state index is 3.47. The molecule has 0 heterocycles. The SMILES string of the molecule is CCC(C)c1ccc(C(NC)C2CC2C)cc1. The Hall–Kier alpha value is -0.820. The van der Waals surface area contributed by atoms with Gasteiger partial charge in [-0.3, -0.25) is 0 Å². The zero-order chi connectivity index (χ0) is 12.4. The van der Waals surface area contributed by atoms with E-state index in [1.54, 1.807) is 0 Å². The molecule has 4 unspecified atom stereocenters. The fourth-order valence-corrected chi connectivity index (χ4v) is 2.71. The van der Waals surface area contributed by atoms with Gasteiger partial charge in [-0.2, -0.15) is 0 Å². The van der Waals surface area contributed by atoms with Crippen molar-refractivity contribution in [3.05, 3.63) is 35.4 Å². The molecule has 1 aliphatic carbocycles. The number of rotatable bonds is 5. The van der Waals surface area contributed by atoms with E-state index in [-0.39, 0.29) is 0 Å². The second-order valence-electron chi connectivity index (χ2n) is 5.62. The molecule has 2 rings (SSSR count). The van der Waals surface area contributed by atoms with E-state index in [0.717, 1.165) is 11.8 Å². The minimum absolute atomic E-state index is 0.552. The summed E-state index contributed by atoms with van der Waals surface area (Å²) in [6.45, 7) is 6.90. The Balaban J connectivity index is 2.11. The zero-order valence-corrected chi connectivity index (χ0v) is 11.5. The van der Waals surface area contributed by atoms with Crippen LogP contribution >= 0.6 is 0 Å². The van der Waals surface area contributed by atoms with E-state index in [1.165, 1.54) is 24.0 Å². The van der Waals surface area contributed by atoms with Crippen LogP contribution in [0.5, 0.6) is 0 Å². The van der Waals surface area contributed by atoms with Crippen LogP contribution in [-0.2, 0) is 0 Å². The molecule has 0 radical (unpaired) electrons. The lowest BCUT2D eigenvalue weighted by atomic mass is 9.94. The first-order chi connectivity index (χ1) is 8.17. The highest BCUT2D eigenvalue weighted by molar-refractivity contribution is 5.28. The second kappa shape index (κ2) is 5.22. The number of benzene rings is 1. The third kappa shape index (κ3) is 2.71. The van der Waals surface area contributed by atoms with Crippen LogP contribution in [0, 0.1) is 11.8 Å². The van der Waals surface area contributed by atoms with Crippen LogP contribution in [-0.4, -0.2) is 7.05 Å². The monoisotopic (exact) mass is 231 g/mol. The smallest absolute Gasteiger partial charge is 0.0348 e. The lowest BCUT2D eigenvalue weighted by Crippen LogP contribution is -2.19. The molecule has 4 atom stereocenters. The number of nitrogens with one attached hydrogen (secondary N) is 1. The minimum atomic E-state index is 0.552. The van der Waals surface area contributed by atoms with Gasteiger partial charge >= 0.3 is 0 Å². The van der Waals surface area contributed by atoms with Crippen LogP contribution in [0.25, 0.3) is 0 Å². The average Bonchev–Trinajstić information content (AvgIpc) is 3.07. The van der Waals surface area contributed by atoms with Crippen molar-refractivity contribution in [2.75, 3.05) is 7.05 Å². The van der Waals surface area contributed by atoms with E-state index in [0.29, 0.717) is 12.0 Å². The Kier molecular flexibility index (Phi) is 3.88. The van der Waals surface area contributed by atoms with Crippen molar-refractivity contribution in [3.63, 3.8) is 0 Å². The van der Waals surface area contributed by atoms with Crippen molar-refractivity contribution < 1.29 is 0 Å². The Morgan fingerprint density at radius 3 is 2.18 bits per heavy atom. The van der Waals surface area contributed by atoms with Gasteiger partial charge in [-0.05, 0) is 48.8 Å². The van der Waals surface area contributed by atoms with Gasteiger partial charge in [0.15, 0.2) is 0 Å². The predicted molar refractivity (Wildman–Crippen MR) is 74.2 cm³/mol. The van der Waals surface area contributed by atoms with Crippen LogP contribution in [0.1, 0.15) is 56.7 Å². The quantitative estimate of drug-likeness (QED) is 0.804. The Labute approximate surface area is 106 Å². The molecule has 1 nitrogen and oxygen atoms in total. The van der Waals surface area contributed by atoms with E-state index in [1.807, 2.05) is 0 Å². The summed E-state index contributed by atoms with van der Waals surface area (Å²) in [6.07, 6.45) is 2.59. The Morgan fingerprint density at radius 2 is 1.76 bits per heavy atom. The molecule has 0 amide bonds. The summed E-state index contributed by atoms with van der Waals surface area (Å²) in [5.41, 5.74) is 2.92. The van der Waals surface area contributed by atoms with Crippen molar-refractivity contribution in [2.24, 2.45) is 11.8 Å². The molecule has 1 aromatic carbocycles. The molecule has 1 heteroatoms. The molecular formula is C16H25N. The van der Waals surface area contributed by atoms with Crippen molar-refractivity contribution in [1.82, 2.24) is 5.32 Å². The van der Waals surface area contributed by atoms with Gasteiger partial charge in [0.1, 0.15) is 0 Å². The summed E-state index contributed by atoms with van der Waals surface area (Å²) in [6, 6.07) is 9.79. The van der Waals surface area contributed by atoms with Gasteiger partial charge in [0.25, 0.3) is 0 Å². The Bertz CT molecular complexity index is 354. The van der Waals surface area contributed by atoms with Gasteiger partial charge in [-0.15, -0.1) is 0 Å². The third-order valence-corrected chi connectivity index (χ3v) is 4.39. The second-order valence-corrected chi connectivity index (χ2v) is 5.62. The van der Waals surface area contributed by atoms with Crippen LogP contribution < -0.4 is 5.32 Å². The maximum atomic E-state index is 3.47. The van der Waals surface area contributed by atoms with E-state index >= 15 is 0 Å². The van der Waals surface area contributed by atoms with E-state index in [2.05, 4.69) is 57.4 Å². The Morgan fingerprint density at radius 1 is 1.24 bits per heavy atom. The summed E-state index contributed by atoms with van der Waals surface area (Å²) in [7, 11) is 2.08. The molecule has 0 aliphatic heterocycles. The van der Waals surface area contributed by atoms with E-state index < -0.39 is 0 Å². The van der Waals surface area contributed by atoms with E-state index in [9.17, 15) is 0 Å². The molecule has 0 spiro atoms. The van der Waals surface area contributed by atoms with Crippen LogP contribution in [0.15, 0.2) is 24.3 Å². The highest BCUT2D eigenvalue weighted by Gasteiger charge is 2.39.